The fraction of sp³-hybridized carbons (Fsp3) is 0.767. The van der Waals surface area contributed by atoms with Crippen molar-refractivity contribution in [2.75, 3.05) is 7.11 Å². The van der Waals surface area contributed by atoms with Crippen LogP contribution >= 0.6 is 0 Å². The van der Waals surface area contributed by atoms with Gasteiger partial charge in [0.2, 0.25) is 0 Å². The summed E-state index contributed by atoms with van der Waals surface area (Å²) in [7, 11) is -1.18. The third-order valence-electron chi connectivity index (χ3n) is 6.19. The molecule has 7 nitrogen and oxygen atoms in total. The van der Waals surface area contributed by atoms with Gasteiger partial charge < -0.3 is 18.6 Å². The zero-order valence-electron chi connectivity index (χ0n) is 25.1. The molecule has 0 aromatic heterocycles. The molecule has 0 radical (unpaired) electrons. The first-order valence-electron chi connectivity index (χ1n) is 14.3. The lowest BCUT2D eigenvalue weighted by Gasteiger charge is -2.40. The van der Waals surface area contributed by atoms with E-state index in [0.717, 1.165) is 19.3 Å². The number of rotatable bonds is 17. The first-order valence-corrected chi connectivity index (χ1v) is 17.7. The maximum absolute atomic E-state index is 13.6. The van der Waals surface area contributed by atoms with Crippen LogP contribution < -0.4 is 0 Å². The van der Waals surface area contributed by atoms with Crippen LogP contribution in [0.5, 0.6) is 0 Å². The largest absolute Gasteiger partial charge is 0.469 e. The maximum atomic E-state index is 13.6. The van der Waals surface area contributed by atoms with E-state index in [1.165, 1.54) is 45.6 Å². The van der Waals surface area contributed by atoms with Gasteiger partial charge >= 0.3 is 17.9 Å². The van der Waals surface area contributed by atoms with E-state index < -0.39 is 55.9 Å². The molecule has 0 aliphatic carbocycles. The number of allylic oxidation sites excluding steroid dienone is 3. The molecule has 1 aliphatic heterocycles. The predicted octanol–water partition coefficient (Wildman–Crippen LogP) is 7.06. The molecule has 8 heteroatoms. The van der Waals surface area contributed by atoms with E-state index in [-0.39, 0.29) is 6.42 Å². The minimum absolute atomic E-state index is 0.226. The van der Waals surface area contributed by atoms with Crippen molar-refractivity contribution in [3.8, 4) is 0 Å². The summed E-state index contributed by atoms with van der Waals surface area (Å²) < 4.78 is 22.5. The van der Waals surface area contributed by atoms with Crippen molar-refractivity contribution in [2.24, 2.45) is 5.92 Å². The van der Waals surface area contributed by atoms with Crippen molar-refractivity contribution < 1.29 is 33.0 Å². The van der Waals surface area contributed by atoms with E-state index in [1.807, 2.05) is 31.8 Å². The third kappa shape index (κ3) is 12.7. The topological polar surface area (TPSA) is 88.1 Å². The van der Waals surface area contributed by atoms with Crippen LogP contribution in [-0.4, -0.2) is 50.6 Å². The Labute approximate surface area is 231 Å². The summed E-state index contributed by atoms with van der Waals surface area (Å²) in [5, 5.41) is 0. The SMILES string of the molecule is CCCCCCCC/C=C\CC/C=C/[C@@H]1C[C@H]([C@@](CC(=O)OC)(O[Si](C)(C)C)C(=O)OC(C)(C)C)C(=O)O1. The summed E-state index contributed by atoms with van der Waals surface area (Å²) in [6.45, 7) is 13.2. The molecule has 1 heterocycles. The number of hydrogen-bond donors (Lipinski definition) is 0. The standard InChI is InChI=1S/C30H52O7Si/c1-9-10-11-12-13-14-15-16-17-18-19-20-21-24-22-25(27(32)35-24)30(23-26(31)34-5,37-38(6,7)8)28(33)36-29(2,3)4/h16-17,20-21,24-25H,9-15,18-19,22-23H2,1-8H3/b17-16-,21-20+/t24-,25+,30-/m1/s1. The van der Waals surface area contributed by atoms with Gasteiger partial charge in [-0.25, -0.2) is 4.79 Å². The molecule has 38 heavy (non-hydrogen) atoms. The van der Waals surface area contributed by atoms with Gasteiger partial charge in [0.05, 0.1) is 13.5 Å². The van der Waals surface area contributed by atoms with Crippen molar-refractivity contribution in [3.63, 3.8) is 0 Å². The van der Waals surface area contributed by atoms with Gasteiger partial charge in [0.1, 0.15) is 17.6 Å². The lowest BCUT2D eigenvalue weighted by Crippen LogP contribution is -2.58. The highest BCUT2D eigenvalue weighted by Crippen LogP contribution is 2.40. The highest BCUT2D eigenvalue weighted by molar-refractivity contribution is 6.70. The predicted molar refractivity (Wildman–Crippen MR) is 153 cm³/mol. The number of hydrogen-bond acceptors (Lipinski definition) is 7. The summed E-state index contributed by atoms with van der Waals surface area (Å²) in [4.78, 5) is 39.1. The lowest BCUT2D eigenvalue weighted by molar-refractivity contribution is -0.187. The van der Waals surface area contributed by atoms with Gasteiger partial charge in [-0.2, -0.15) is 0 Å². The normalized spacial score (nSPS) is 20.1. The molecule has 0 bridgehead atoms. The Hall–Kier alpha value is -1.93. The second-order valence-electron chi connectivity index (χ2n) is 12.2. The molecule has 0 saturated carbocycles. The minimum Gasteiger partial charge on any atom is -0.469 e. The summed E-state index contributed by atoms with van der Waals surface area (Å²) in [6, 6.07) is 0. The number of cyclic esters (lactones) is 1. The number of unbranched alkanes of at least 4 members (excludes halogenated alkanes) is 7. The van der Waals surface area contributed by atoms with Crippen LogP contribution in [0.2, 0.25) is 19.6 Å². The summed E-state index contributed by atoms with van der Waals surface area (Å²) in [6.07, 6.45) is 18.3. The summed E-state index contributed by atoms with van der Waals surface area (Å²) >= 11 is 0. The van der Waals surface area contributed by atoms with Gasteiger partial charge in [0.15, 0.2) is 13.9 Å². The zero-order valence-corrected chi connectivity index (χ0v) is 26.1. The summed E-state index contributed by atoms with van der Waals surface area (Å²) in [5.41, 5.74) is -2.63. The molecule has 0 aromatic rings. The summed E-state index contributed by atoms with van der Waals surface area (Å²) in [5.74, 6) is -2.92. The fourth-order valence-electron chi connectivity index (χ4n) is 4.51. The Morgan fingerprint density at radius 2 is 1.58 bits per heavy atom. The molecule has 1 saturated heterocycles. The van der Waals surface area contributed by atoms with Gasteiger partial charge in [-0.1, -0.05) is 57.3 Å². The van der Waals surface area contributed by atoms with E-state index in [2.05, 4.69) is 19.1 Å². The molecular weight excluding hydrogens is 500 g/mol. The highest BCUT2D eigenvalue weighted by Gasteiger charge is 2.59. The monoisotopic (exact) mass is 552 g/mol. The van der Waals surface area contributed by atoms with E-state index in [1.54, 1.807) is 20.8 Å². The number of methoxy groups -OCH3 is 1. The van der Waals surface area contributed by atoms with E-state index in [9.17, 15) is 14.4 Å². The van der Waals surface area contributed by atoms with Crippen LogP contribution in [0.15, 0.2) is 24.3 Å². The third-order valence-corrected chi connectivity index (χ3v) is 7.17. The Morgan fingerprint density at radius 3 is 2.18 bits per heavy atom. The molecule has 0 unspecified atom stereocenters. The van der Waals surface area contributed by atoms with Crippen LogP contribution in [0, 0.1) is 5.92 Å². The molecule has 1 rings (SSSR count). The molecule has 0 amide bonds. The van der Waals surface area contributed by atoms with Crippen molar-refractivity contribution in [1.29, 1.82) is 0 Å². The fourth-order valence-corrected chi connectivity index (χ4v) is 5.90. The maximum Gasteiger partial charge on any atom is 0.339 e. The van der Waals surface area contributed by atoms with E-state index >= 15 is 0 Å². The minimum atomic E-state index is -2.43. The van der Waals surface area contributed by atoms with Crippen LogP contribution in [0.3, 0.4) is 0 Å². The van der Waals surface area contributed by atoms with Gasteiger partial charge in [0.25, 0.3) is 0 Å². The average molecular weight is 553 g/mol. The lowest BCUT2D eigenvalue weighted by atomic mass is 9.82. The Balaban J connectivity index is 2.85. The van der Waals surface area contributed by atoms with Crippen molar-refractivity contribution in [3.05, 3.63) is 24.3 Å². The Kier molecular flexibility index (Phi) is 14.6. The van der Waals surface area contributed by atoms with Crippen LogP contribution in [0.1, 0.15) is 98.3 Å². The van der Waals surface area contributed by atoms with Gasteiger partial charge in [-0.15, -0.1) is 0 Å². The number of carbonyl (C=O) groups is 3. The van der Waals surface area contributed by atoms with E-state index in [0.29, 0.717) is 0 Å². The van der Waals surface area contributed by atoms with E-state index in [4.69, 9.17) is 18.6 Å². The molecule has 3 atom stereocenters. The molecule has 218 valence electrons. The van der Waals surface area contributed by atoms with Gasteiger partial charge in [-0.3, -0.25) is 9.59 Å². The van der Waals surface area contributed by atoms with Crippen LogP contribution in [0.4, 0.5) is 0 Å². The van der Waals surface area contributed by atoms with Crippen LogP contribution in [0.25, 0.3) is 0 Å². The molecule has 1 fully saturated rings. The Morgan fingerprint density at radius 1 is 0.974 bits per heavy atom. The molecule has 0 aromatic carbocycles. The average Bonchev–Trinajstić information content (AvgIpc) is 3.17. The zero-order chi connectivity index (χ0) is 28.8. The molecule has 1 aliphatic rings. The van der Waals surface area contributed by atoms with Crippen molar-refractivity contribution in [1.82, 2.24) is 0 Å². The van der Waals surface area contributed by atoms with Gasteiger partial charge in [-0.05, 0) is 72.2 Å². The highest BCUT2D eigenvalue weighted by atomic mass is 28.4. The number of ether oxygens (including phenoxy) is 3. The first kappa shape index (κ1) is 34.1. The number of carbonyl (C=O) groups excluding carboxylic acids is 3. The number of esters is 3. The van der Waals surface area contributed by atoms with Crippen molar-refractivity contribution >= 4 is 26.2 Å². The van der Waals surface area contributed by atoms with Crippen LogP contribution in [-0.2, 0) is 33.0 Å². The molecule has 0 spiro atoms. The van der Waals surface area contributed by atoms with Gasteiger partial charge in [0, 0.05) is 6.42 Å². The molecular formula is C30H52O7Si. The second kappa shape index (κ2) is 16.2. The molecule has 0 N–H and O–H groups in total. The Bertz CT molecular complexity index is 806. The smallest absolute Gasteiger partial charge is 0.339 e. The quantitative estimate of drug-likeness (QED) is 0.0627. The van der Waals surface area contributed by atoms with Crippen molar-refractivity contribution in [2.45, 2.75) is 135 Å². The first-order chi connectivity index (χ1) is 17.7. The second-order valence-corrected chi connectivity index (χ2v) is 16.6.